The van der Waals surface area contributed by atoms with Crippen LogP contribution in [0.25, 0.3) is 5.82 Å². The van der Waals surface area contributed by atoms with Gasteiger partial charge in [-0.15, -0.1) is 0 Å². The number of rotatable bonds is 6. The van der Waals surface area contributed by atoms with Crippen LogP contribution in [-0.4, -0.2) is 38.9 Å². The first-order valence-electron chi connectivity index (χ1n) is 6.70. The third-order valence-corrected chi connectivity index (χ3v) is 3.67. The zero-order valence-electron chi connectivity index (χ0n) is 11.9. The highest BCUT2D eigenvalue weighted by molar-refractivity contribution is 9.10. The molecule has 0 unspecified atom stereocenters. The molecule has 1 N–H and O–H groups in total. The molecule has 0 aromatic carbocycles. The minimum atomic E-state index is -0.964. The number of carbonyl (C=O) groups is 1. The summed E-state index contributed by atoms with van der Waals surface area (Å²) in [6, 6.07) is 5.17. The smallest absolute Gasteiger partial charge is 0.323 e. The SMILES string of the molecule is CCCN(CC(=O)O)c1cnn(-c2ccccn2)c(=O)c1Br. The van der Waals surface area contributed by atoms with Crippen molar-refractivity contribution in [3.8, 4) is 5.82 Å². The molecule has 2 rings (SSSR count). The number of carboxylic acids is 1. The Hall–Kier alpha value is -2.22. The van der Waals surface area contributed by atoms with Gasteiger partial charge in [-0.05, 0) is 34.5 Å². The van der Waals surface area contributed by atoms with Gasteiger partial charge in [-0.25, -0.2) is 4.98 Å². The lowest BCUT2D eigenvalue weighted by Gasteiger charge is -2.23. The van der Waals surface area contributed by atoms with Crippen molar-refractivity contribution in [3.63, 3.8) is 0 Å². The van der Waals surface area contributed by atoms with Crippen LogP contribution in [0.5, 0.6) is 0 Å². The number of nitrogens with zero attached hydrogens (tertiary/aromatic N) is 4. The van der Waals surface area contributed by atoms with Gasteiger partial charge in [0.05, 0.1) is 11.9 Å². The number of aromatic nitrogens is 3. The van der Waals surface area contributed by atoms with Crippen molar-refractivity contribution in [2.75, 3.05) is 18.0 Å². The van der Waals surface area contributed by atoms with E-state index in [9.17, 15) is 9.59 Å². The van der Waals surface area contributed by atoms with Crippen LogP contribution in [0.15, 0.2) is 39.9 Å². The molecule has 0 radical (unpaired) electrons. The molecule has 0 atom stereocenters. The second kappa shape index (κ2) is 7.17. The summed E-state index contributed by atoms with van der Waals surface area (Å²) in [4.78, 5) is 29.1. The summed E-state index contributed by atoms with van der Waals surface area (Å²) in [5.74, 6) is -0.561. The lowest BCUT2D eigenvalue weighted by Crippen LogP contribution is -2.33. The maximum Gasteiger partial charge on any atom is 0.323 e. The number of halogens is 1. The first-order chi connectivity index (χ1) is 10.5. The Kier molecular flexibility index (Phi) is 5.26. The molecule has 0 bridgehead atoms. The van der Waals surface area contributed by atoms with Crippen LogP contribution in [0.4, 0.5) is 5.69 Å². The number of aliphatic carboxylic acids is 1. The van der Waals surface area contributed by atoms with Gasteiger partial charge in [-0.2, -0.15) is 9.78 Å². The van der Waals surface area contributed by atoms with Crippen LogP contribution < -0.4 is 10.5 Å². The van der Waals surface area contributed by atoms with E-state index < -0.39 is 5.97 Å². The summed E-state index contributed by atoms with van der Waals surface area (Å²) in [5.41, 5.74) is 0.0733. The second-order valence-electron chi connectivity index (χ2n) is 4.56. The molecule has 7 nitrogen and oxygen atoms in total. The maximum absolute atomic E-state index is 12.4. The molecular formula is C14H15BrN4O3. The number of hydrogen-bond acceptors (Lipinski definition) is 5. The van der Waals surface area contributed by atoms with Crippen molar-refractivity contribution < 1.29 is 9.90 Å². The van der Waals surface area contributed by atoms with Gasteiger partial charge < -0.3 is 10.0 Å². The topological polar surface area (TPSA) is 88.3 Å². The largest absolute Gasteiger partial charge is 0.480 e. The molecule has 0 fully saturated rings. The molecule has 2 heterocycles. The third-order valence-electron chi connectivity index (χ3n) is 2.93. The van der Waals surface area contributed by atoms with Gasteiger partial charge in [0, 0.05) is 12.7 Å². The average molecular weight is 367 g/mol. The van der Waals surface area contributed by atoms with Crippen LogP contribution in [-0.2, 0) is 4.79 Å². The van der Waals surface area contributed by atoms with Crippen LogP contribution >= 0.6 is 15.9 Å². The molecular weight excluding hydrogens is 352 g/mol. The normalized spacial score (nSPS) is 10.5. The fraction of sp³-hybridized carbons (Fsp3) is 0.286. The molecule has 2 aromatic rings. The Labute approximate surface area is 135 Å². The highest BCUT2D eigenvalue weighted by atomic mass is 79.9. The van der Waals surface area contributed by atoms with E-state index in [1.165, 1.54) is 10.9 Å². The van der Waals surface area contributed by atoms with Crippen LogP contribution in [0.2, 0.25) is 0 Å². The summed E-state index contributed by atoms with van der Waals surface area (Å²) in [7, 11) is 0. The van der Waals surface area contributed by atoms with E-state index in [0.29, 0.717) is 18.1 Å². The molecule has 0 saturated carbocycles. The Balaban J connectivity index is 2.45. The standard InChI is InChI=1S/C14H15BrN4O3/c1-2-7-18(9-12(20)21)10-8-17-19(14(22)13(10)15)11-5-3-4-6-16-11/h3-6,8H,2,7,9H2,1H3,(H,20,21). The predicted octanol–water partition coefficient (Wildman–Crippen LogP) is 1.69. The molecule has 22 heavy (non-hydrogen) atoms. The van der Waals surface area contributed by atoms with E-state index in [0.717, 1.165) is 6.42 Å². The number of pyridine rings is 1. The maximum atomic E-state index is 12.4. The number of anilines is 1. The van der Waals surface area contributed by atoms with Crippen molar-refractivity contribution in [3.05, 3.63) is 45.4 Å². The quantitative estimate of drug-likeness (QED) is 0.836. The Morgan fingerprint density at radius 3 is 2.82 bits per heavy atom. The monoisotopic (exact) mass is 366 g/mol. The Bertz CT molecular complexity index is 718. The minimum Gasteiger partial charge on any atom is -0.480 e. The molecule has 0 saturated heterocycles. The molecule has 0 aliphatic rings. The van der Waals surface area contributed by atoms with Gasteiger partial charge in [0.25, 0.3) is 5.56 Å². The number of hydrogen-bond donors (Lipinski definition) is 1. The van der Waals surface area contributed by atoms with E-state index in [4.69, 9.17) is 5.11 Å². The minimum absolute atomic E-state index is 0.193. The molecule has 2 aromatic heterocycles. The van der Waals surface area contributed by atoms with Crippen LogP contribution in [0.1, 0.15) is 13.3 Å². The summed E-state index contributed by atoms with van der Waals surface area (Å²) in [6.45, 7) is 2.26. The van der Waals surface area contributed by atoms with E-state index >= 15 is 0 Å². The van der Waals surface area contributed by atoms with Crippen molar-refractivity contribution >= 4 is 27.6 Å². The van der Waals surface area contributed by atoms with Gasteiger partial charge in [0.15, 0.2) is 5.82 Å². The van der Waals surface area contributed by atoms with E-state index in [1.807, 2.05) is 6.92 Å². The van der Waals surface area contributed by atoms with Crippen molar-refractivity contribution in [2.24, 2.45) is 0 Å². The molecule has 116 valence electrons. The van der Waals surface area contributed by atoms with Crippen molar-refractivity contribution in [2.45, 2.75) is 13.3 Å². The summed E-state index contributed by atoms with van der Waals surface area (Å²) in [5, 5.41) is 13.1. The van der Waals surface area contributed by atoms with Gasteiger partial charge in [-0.1, -0.05) is 13.0 Å². The highest BCUT2D eigenvalue weighted by Gasteiger charge is 2.17. The van der Waals surface area contributed by atoms with Gasteiger partial charge in [0.2, 0.25) is 0 Å². The molecule has 0 amide bonds. The van der Waals surface area contributed by atoms with E-state index in [1.54, 1.807) is 29.3 Å². The summed E-state index contributed by atoms with van der Waals surface area (Å²) in [6.07, 6.45) is 3.79. The third kappa shape index (κ3) is 3.51. The van der Waals surface area contributed by atoms with Gasteiger partial charge in [-0.3, -0.25) is 9.59 Å². The first kappa shape index (κ1) is 16.2. The zero-order valence-corrected chi connectivity index (χ0v) is 13.5. The fourth-order valence-electron chi connectivity index (χ4n) is 2.00. The van der Waals surface area contributed by atoms with Crippen molar-refractivity contribution in [1.29, 1.82) is 0 Å². The lowest BCUT2D eigenvalue weighted by molar-refractivity contribution is -0.135. The highest BCUT2D eigenvalue weighted by Crippen LogP contribution is 2.22. The number of carboxylic acid groups (broad SMARTS) is 1. The molecule has 0 spiro atoms. The fourth-order valence-corrected chi connectivity index (χ4v) is 2.53. The van der Waals surface area contributed by atoms with E-state index in [2.05, 4.69) is 26.0 Å². The first-order valence-corrected chi connectivity index (χ1v) is 7.50. The second-order valence-corrected chi connectivity index (χ2v) is 5.36. The molecule has 0 aliphatic carbocycles. The average Bonchev–Trinajstić information content (AvgIpc) is 2.50. The van der Waals surface area contributed by atoms with Crippen molar-refractivity contribution in [1.82, 2.24) is 14.8 Å². The van der Waals surface area contributed by atoms with Crippen LogP contribution in [0, 0.1) is 0 Å². The lowest BCUT2D eigenvalue weighted by atomic mass is 10.3. The zero-order chi connectivity index (χ0) is 16.1. The van der Waals surface area contributed by atoms with Crippen LogP contribution in [0.3, 0.4) is 0 Å². The summed E-state index contributed by atoms with van der Waals surface area (Å²) < 4.78 is 1.43. The molecule has 0 aliphatic heterocycles. The van der Waals surface area contributed by atoms with Gasteiger partial charge in [0.1, 0.15) is 11.0 Å². The predicted molar refractivity (Wildman–Crippen MR) is 85.5 cm³/mol. The van der Waals surface area contributed by atoms with E-state index in [-0.39, 0.29) is 16.6 Å². The Morgan fingerprint density at radius 2 is 2.23 bits per heavy atom. The van der Waals surface area contributed by atoms with Gasteiger partial charge >= 0.3 is 5.97 Å². The summed E-state index contributed by atoms with van der Waals surface area (Å²) >= 11 is 3.25. The Morgan fingerprint density at radius 1 is 1.45 bits per heavy atom. The molecule has 8 heteroatoms.